The molecule has 2 heterocycles. The lowest BCUT2D eigenvalue weighted by molar-refractivity contribution is -0.120. The van der Waals surface area contributed by atoms with Crippen molar-refractivity contribution in [2.45, 2.75) is 19.4 Å². The molecule has 0 bridgehead atoms. The Labute approximate surface area is 106 Å². The van der Waals surface area contributed by atoms with Gasteiger partial charge >= 0.3 is 0 Å². The fourth-order valence-corrected chi connectivity index (χ4v) is 3.08. The molecule has 16 heavy (non-hydrogen) atoms. The van der Waals surface area contributed by atoms with Crippen molar-refractivity contribution in [2.75, 3.05) is 6.54 Å². The van der Waals surface area contributed by atoms with Crippen LogP contribution in [-0.2, 0) is 4.79 Å². The predicted molar refractivity (Wildman–Crippen MR) is 68.6 cm³/mol. The Morgan fingerprint density at radius 2 is 2.44 bits per heavy atom. The third-order valence-electron chi connectivity index (χ3n) is 2.19. The van der Waals surface area contributed by atoms with Gasteiger partial charge < -0.3 is 5.32 Å². The molecular formula is C10H12BrN3OS. The van der Waals surface area contributed by atoms with E-state index in [1.165, 1.54) is 0 Å². The molecule has 1 unspecified atom stereocenters. The number of hydrogen-bond donors (Lipinski definition) is 2. The van der Waals surface area contributed by atoms with Crippen molar-refractivity contribution in [2.24, 2.45) is 4.99 Å². The van der Waals surface area contributed by atoms with Crippen molar-refractivity contribution in [3.63, 3.8) is 0 Å². The lowest BCUT2D eigenvalue weighted by atomic mass is 10.2. The number of nitrogens with zero attached hydrogens (tertiary/aromatic N) is 1. The molecule has 2 N–H and O–H groups in total. The number of carbonyl (C=O) groups excluding carboxylic acids is 1. The number of thiophene rings is 1. The third-order valence-corrected chi connectivity index (χ3v) is 4.12. The molecule has 0 aromatic carbocycles. The Balaban J connectivity index is 2.14. The van der Waals surface area contributed by atoms with E-state index in [1.54, 1.807) is 11.3 Å². The number of nitrogens with one attached hydrogen (secondary N) is 2. The molecule has 1 aliphatic heterocycles. The van der Waals surface area contributed by atoms with Crippen molar-refractivity contribution >= 4 is 39.1 Å². The monoisotopic (exact) mass is 301 g/mol. The molecule has 4 nitrogen and oxygen atoms in total. The molecule has 1 amide bonds. The fraction of sp³-hybridized carbons (Fsp3) is 0.400. The van der Waals surface area contributed by atoms with E-state index in [9.17, 15) is 4.79 Å². The van der Waals surface area contributed by atoms with E-state index >= 15 is 0 Å². The minimum atomic E-state index is -0.315. The molecule has 1 aliphatic rings. The van der Waals surface area contributed by atoms with Gasteiger partial charge in [-0.25, -0.2) is 0 Å². The van der Waals surface area contributed by atoms with Crippen molar-refractivity contribution < 1.29 is 4.79 Å². The maximum Gasteiger partial charge on any atom is 0.254 e. The summed E-state index contributed by atoms with van der Waals surface area (Å²) in [7, 11) is 0. The van der Waals surface area contributed by atoms with Gasteiger partial charge in [-0.05, 0) is 33.8 Å². The normalized spacial score (nSPS) is 22.2. The van der Waals surface area contributed by atoms with E-state index in [2.05, 4.69) is 31.6 Å². The summed E-state index contributed by atoms with van der Waals surface area (Å²) in [6, 6.07) is 1.63. The smallest absolute Gasteiger partial charge is 0.254 e. The number of amides is 1. The van der Waals surface area contributed by atoms with Crippen LogP contribution in [0.4, 0.5) is 0 Å². The van der Waals surface area contributed by atoms with Gasteiger partial charge in [-0.2, -0.15) is 0 Å². The highest BCUT2D eigenvalue weighted by Gasteiger charge is 2.31. The number of carbonyl (C=O) groups is 1. The molecular weight excluding hydrogens is 290 g/mol. The average molecular weight is 302 g/mol. The standard InChI is InChI=1S/C10H12BrN3OS/c1-2-4-12-10-13-7(9(15)14-10)8-6(11)3-5-16-8/h3,5,7H,2,4H2,1H3,(H2,12,13,14,15). The van der Waals surface area contributed by atoms with E-state index in [0.29, 0.717) is 5.96 Å². The summed E-state index contributed by atoms with van der Waals surface area (Å²) in [6.07, 6.45) is 0.967. The van der Waals surface area contributed by atoms with Gasteiger partial charge in [-0.1, -0.05) is 6.92 Å². The molecule has 1 fully saturated rings. The minimum absolute atomic E-state index is 0.0435. The van der Waals surface area contributed by atoms with Crippen LogP contribution in [0.5, 0.6) is 0 Å². The molecule has 0 aliphatic carbocycles. The van der Waals surface area contributed by atoms with Crippen LogP contribution in [0.15, 0.2) is 20.9 Å². The Morgan fingerprint density at radius 1 is 1.62 bits per heavy atom. The molecule has 6 heteroatoms. The average Bonchev–Trinajstić information content (AvgIpc) is 2.82. The first kappa shape index (κ1) is 11.6. The van der Waals surface area contributed by atoms with E-state index in [-0.39, 0.29) is 11.9 Å². The van der Waals surface area contributed by atoms with E-state index < -0.39 is 0 Å². The van der Waals surface area contributed by atoms with Crippen LogP contribution in [-0.4, -0.2) is 18.4 Å². The van der Waals surface area contributed by atoms with Crippen LogP contribution in [0.1, 0.15) is 24.3 Å². The molecule has 1 atom stereocenters. The zero-order valence-corrected chi connectivity index (χ0v) is 11.2. The summed E-state index contributed by atoms with van der Waals surface area (Å²) < 4.78 is 0.960. The lowest BCUT2D eigenvalue weighted by Gasteiger charge is -2.05. The van der Waals surface area contributed by atoms with Gasteiger partial charge in [0.25, 0.3) is 5.91 Å². The Hall–Kier alpha value is -0.880. The highest BCUT2D eigenvalue weighted by Crippen LogP contribution is 2.30. The zero-order valence-electron chi connectivity index (χ0n) is 8.79. The first-order valence-corrected chi connectivity index (χ1v) is 6.74. The van der Waals surface area contributed by atoms with E-state index in [1.807, 2.05) is 18.4 Å². The topological polar surface area (TPSA) is 53.5 Å². The largest absolute Gasteiger partial charge is 0.340 e. The van der Waals surface area contributed by atoms with Crippen molar-refractivity contribution in [1.82, 2.24) is 10.6 Å². The fourth-order valence-electron chi connectivity index (χ4n) is 1.43. The summed E-state index contributed by atoms with van der Waals surface area (Å²) in [4.78, 5) is 17.0. The van der Waals surface area contributed by atoms with Gasteiger partial charge in [0, 0.05) is 11.0 Å². The van der Waals surface area contributed by atoms with E-state index in [0.717, 1.165) is 22.3 Å². The van der Waals surface area contributed by atoms with Crippen LogP contribution in [0, 0.1) is 0 Å². The Kier molecular flexibility index (Phi) is 3.60. The number of halogens is 1. The lowest BCUT2D eigenvalue weighted by Crippen LogP contribution is -2.25. The second-order valence-corrected chi connectivity index (χ2v) is 5.23. The zero-order chi connectivity index (χ0) is 11.5. The molecule has 0 saturated carbocycles. The maximum atomic E-state index is 11.7. The van der Waals surface area contributed by atoms with Crippen LogP contribution >= 0.6 is 27.3 Å². The summed E-state index contributed by atoms with van der Waals surface area (Å²) in [5, 5.41) is 7.78. The maximum absolute atomic E-state index is 11.7. The van der Waals surface area contributed by atoms with Crippen molar-refractivity contribution in [3.05, 3.63) is 20.8 Å². The Morgan fingerprint density at radius 3 is 3.06 bits per heavy atom. The van der Waals surface area contributed by atoms with Crippen LogP contribution in [0.25, 0.3) is 0 Å². The van der Waals surface area contributed by atoms with Gasteiger partial charge in [0.2, 0.25) is 0 Å². The summed E-state index contributed by atoms with van der Waals surface area (Å²) >= 11 is 4.98. The first-order valence-electron chi connectivity index (χ1n) is 5.07. The third kappa shape index (κ3) is 2.27. The summed E-state index contributed by atoms with van der Waals surface area (Å²) in [5.41, 5.74) is 0. The second-order valence-electron chi connectivity index (χ2n) is 3.43. The quantitative estimate of drug-likeness (QED) is 0.898. The molecule has 1 aromatic rings. The first-order chi connectivity index (χ1) is 7.72. The van der Waals surface area contributed by atoms with Gasteiger partial charge in [0.15, 0.2) is 5.96 Å². The number of hydrogen-bond acceptors (Lipinski definition) is 3. The van der Waals surface area contributed by atoms with Crippen LogP contribution < -0.4 is 10.6 Å². The number of rotatable bonds is 3. The number of aliphatic imine (C=N–C) groups is 1. The highest BCUT2D eigenvalue weighted by molar-refractivity contribution is 9.10. The van der Waals surface area contributed by atoms with Gasteiger partial charge in [0.05, 0.1) is 4.88 Å². The van der Waals surface area contributed by atoms with Crippen LogP contribution in [0.2, 0.25) is 0 Å². The predicted octanol–water partition coefficient (Wildman–Crippen LogP) is 2.04. The van der Waals surface area contributed by atoms with Gasteiger partial charge in [-0.15, -0.1) is 11.3 Å². The molecule has 0 radical (unpaired) electrons. The van der Waals surface area contributed by atoms with Gasteiger partial charge in [-0.3, -0.25) is 15.1 Å². The summed E-state index contributed by atoms with van der Waals surface area (Å²) in [5.74, 6) is 0.537. The van der Waals surface area contributed by atoms with E-state index in [4.69, 9.17) is 0 Å². The van der Waals surface area contributed by atoms with Crippen molar-refractivity contribution in [1.29, 1.82) is 0 Å². The van der Waals surface area contributed by atoms with Crippen LogP contribution in [0.3, 0.4) is 0 Å². The number of guanidine groups is 1. The Bertz CT molecular complexity index is 429. The molecule has 1 aromatic heterocycles. The molecule has 1 saturated heterocycles. The SMILES string of the molecule is CCCN=C1NC(=O)C(c2sccc2Br)N1. The summed E-state index contributed by atoms with van der Waals surface area (Å²) in [6.45, 7) is 2.77. The second kappa shape index (κ2) is 4.97. The highest BCUT2D eigenvalue weighted by atomic mass is 79.9. The molecule has 2 rings (SSSR count). The van der Waals surface area contributed by atoms with Gasteiger partial charge in [0.1, 0.15) is 6.04 Å². The molecule has 86 valence electrons. The van der Waals surface area contributed by atoms with Crippen molar-refractivity contribution in [3.8, 4) is 0 Å². The molecule has 0 spiro atoms. The minimum Gasteiger partial charge on any atom is -0.340 e.